The van der Waals surface area contributed by atoms with Crippen molar-refractivity contribution in [2.45, 2.75) is 155 Å². The zero-order chi connectivity index (χ0) is 32.8. The topological polar surface area (TPSA) is 119 Å². The maximum Gasteiger partial charge on any atom is 0.137 e. The second-order valence-corrected chi connectivity index (χ2v) is 8.51. The quantitative estimate of drug-likeness (QED) is 0.195. The Balaban J connectivity index is -0.0000000616. The number of carbonyl (C=O) groups excluding carboxylic acids is 7. The van der Waals surface area contributed by atoms with Crippen molar-refractivity contribution < 1.29 is 33.6 Å². The molecule has 0 saturated carbocycles. The lowest BCUT2D eigenvalue weighted by atomic mass is 10.2. The van der Waals surface area contributed by atoms with Gasteiger partial charge in [-0.3, -0.25) is 14.4 Å². The van der Waals surface area contributed by atoms with Crippen LogP contribution in [-0.2, 0) is 33.6 Å². The Labute approximate surface area is 241 Å². The molecule has 0 N–H and O–H groups in total. The van der Waals surface area contributed by atoms with Crippen LogP contribution in [0.5, 0.6) is 0 Å². The van der Waals surface area contributed by atoms with E-state index in [1.165, 1.54) is 13.8 Å². The van der Waals surface area contributed by atoms with Gasteiger partial charge in [-0.15, -0.1) is 0 Å². The highest BCUT2D eigenvalue weighted by Crippen LogP contribution is 1.85. The van der Waals surface area contributed by atoms with Gasteiger partial charge >= 0.3 is 0 Å². The minimum absolute atomic E-state index is 0.0625. The summed E-state index contributed by atoms with van der Waals surface area (Å²) in [7, 11) is 0. The number of Topliss-reactive ketones (excluding diaryl/α,β-unsaturated/α-hetero) is 7. The van der Waals surface area contributed by atoms with Gasteiger partial charge in [-0.05, 0) is 68.2 Å². The smallest absolute Gasteiger partial charge is 0.137 e. The first-order valence-electron chi connectivity index (χ1n) is 14.0. The Morgan fingerprint density at radius 2 is 0.641 bits per heavy atom. The normalized spacial score (nSPS) is 8.26. The second-order valence-electron chi connectivity index (χ2n) is 8.51. The first-order chi connectivity index (χ1) is 17.9. The van der Waals surface area contributed by atoms with Crippen LogP contribution in [0.4, 0.5) is 0 Å². The van der Waals surface area contributed by atoms with Gasteiger partial charge in [0.1, 0.15) is 40.5 Å². The summed E-state index contributed by atoms with van der Waals surface area (Å²) in [4.78, 5) is 70.0. The van der Waals surface area contributed by atoms with Crippen molar-refractivity contribution >= 4 is 40.5 Å². The largest absolute Gasteiger partial charge is 0.300 e. The molecule has 0 heterocycles. The summed E-state index contributed by atoms with van der Waals surface area (Å²) in [6, 6.07) is 0. The fraction of sp³-hybridized carbons (Fsp3) is 0.719. The first kappa shape index (κ1) is 52.8. The summed E-state index contributed by atoms with van der Waals surface area (Å²) in [5, 5.41) is 0. The predicted octanol–water partition coefficient (Wildman–Crippen LogP) is 8.23. The third-order valence-electron chi connectivity index (χ3n) is 3.82. The fourth-order valence-electron chi connectivity index (χ4n) is 1.30. The number of hydrogen-bond donors (Lipinski definition) is 0. The Morgan fingerprint density at radius 1 is 0.410 bits per heavy atom. The summed E-state index contributed by atoms with van der Waals surface area (Å²) in [5.41, 5.74) is 0. The average molecular weight is 559 g/mol. The monoisotopic (exact) mass is 558 g/mol. The van der Waals surface area contributed by atoms with Gasteiger partial charge in [-0.2, -0.15) is 0 Å². The number of carbonyl (C=O) groups is 7. The fourth-order valence-corrected chi connectivity index (χ4v) is 1.30. The van der Waals surface area contributed by atoms with E-state index in [0.29, 0.717) is 31.5 Å². The van der Waals surface area contributed by atoms with Crippen molar-refractivity contribution in [1.82, 2.24) is 0 Å². The highest BCUT2D eigenvalue weighted by atomic mass is 16.2. The molecule has 0 aliphatic rings. The molecular weight excluding hydrogens is 496 g/mol. The summed E-state index contributed by atoms with van der Waals surface area (Å²) in [6.45, 7) is 24.7. The van der Waals surface area contributed by atoms with E-state index in [2.05, 4.69) is 0 Å². The third-order valence-corrected chi connectivity index (χ3v) is 3.82. The van der Waals surface area contributed by atoms with Crippen molar-refractivity contribution in [3.05, 3.63) is 12.2 Å². The van der Waals surface area contributed by atoms with E-state index in [9.17, 15) is 33.6 Å². The van der Waals surface area contributed by atoms with E-state index in [1.54, 1.807) is 27.7 Å². The number of allylic oxidation sites excluding steroid dienone is 2. The van der Waals surface area contributed by atoms with Crippen LogP contribution in [-0.4, -0.2) is 40.5 Å². The van der Waals surface area contributed by atoms with Crippen LogP contribution in [0.15, 0.2) is 12.2 Å². The average Bonchev–Trinajstić information content (AvgIpc) is 2.84. The van der Waals surface area contributed by atoms with E-state index in [-0.39, 0.29) is 41.1 Å². The molecule has 0 aromatic carbocycles. The standard InChI is InChI=1S/C5H8O2.3C5H10O.2C4H8O.C4H8/c1-4(6)3-5(2)7;2*1-3-4-5(2)6;1-3-5(6)4-2;2*1-3-4(2)5;1-3-4-2/h3H2,1-2H3;3*3-4H2,1-2H3;2*3H2,1-2H3;3-4H,1-2H3. The lowest BCUT2D eigenvalue weighted by molar-refractivity contribution is -0.125. The zero-order valence-electron chi connectivity index (χ0n) is 27.9. The van der Waals surface area contributed by atoms with Gasteiger partial charge in [-0.1, -0.05) is 53.7 Å². The lowest BCUT2D eigenvalue weighted by Gasteiger charge is -1.81. The van der Waals surface area contributed by atoms with Crippen LogP contribution >= 0.6 is 0 Å². The molecule has 0 unspecified atom stereocenters. The van der Waals surface area contributed by atoms with Crippen LogP contribution in [0.2, 0.25) is 0 Å². The predicted molar refractivity (Wildman–Crippen MR) is 165 cm³/mol. The molecule has 0 radical (unpaired) electrons. The Hall–Kier alpha value is -2.57. The molecule has 0 spiro atoms. The minimum Gasteiger partial charge on any atom is -0.300 e. The van der Waals surface area contributed by atoms with Gasteiger partial charge in [0.25, 0.3) is 0 Å². The highest BCUT2D eigenvalue weighted by molar-refractivity contribution is 5.96. The van der Waals surface area contributed by atoms with E-state index in [4.69, 9.17) is 0 Å². The van der Waals surface area contributed by atoms with Gasteiger partial charge in [-0.25, -0.2) is 0 Å². The second kappa shape index (κ2) is 48.5. The van der Waals surface area contributed by atoms with E-state index >= 15 is 0 Å². The molecule has 0 bridgehead atoms. The van der Waals surface area contributed by atoms with Crippen LogP contribution in [0.25, 0.3) is 0 Å². The summed E-state index contributed by atoms with van der Waals surface area (Å²) < 4.78 is 0. The maximum absolute atomic E-state index is 10.2. The van der Waals surface area contributed by atoms with Crippen LogP contribution in [0.3, 0.4) is 0 Å². The Kier molecular flexibility index (Phi) is 65.6. The molecular formula is C32H62O7. The molecule has 0 saturated heterocycles. The van der Waals surface area contributed by atoms with Crippen molar-refractivity contribution in [3.63, 3.8) is 0 Å². The highest BCUT2D eigenvalue weighted by Gasteiger charge is 1.94. The van der Waals surface area contributed by atoms with Gasteiger partial charge in [0.15, 0.2) is 0 Å². The molecule has 0 atom stereocenters. The van der Waals surface area contributed by atoms with Crippen LogP contribution in [0, 0.1) is 0 Å². The molecule has 232 valence electrons. The van der Waals surface area contributed by atoms with Gasteiger partial charge in [0.2, 0.25) is 0 Å². The Bertz CT molecular complexity index is 593. The van der Waals surface area contributed by atoms with Crippen LogP contribution in [0.1, 0.15) is 155 Å². The Morgan fingerprint density at radius 3 is 0.641 bits per heavy atom. The van der Waals surface area contributed by atoms with Gasteiger partial charge in [0, 0.05) is 38.5 Å². The lowest BCUT2D eigenvalue weighted by Crippen LogP contribution is -1.97. The maximum atomic E-state index is 10.2. The van der Waals surface area contributed by atoms with Gasteiger partial charge < -0.3 is 19.2 Å². The van der Waals surface area contributed by atoms with Gasteiger partial charge in [0.05, 0.1) is 6.42 Å². The van der Waals surface area contributed by atoms with E-state index in [1.807, 2.05) is 67.5 Å². The van der Waals surface area contributed by atoms with Crippen molar-refractivity contribution in [2.75, 3.05) is 0 Å². The summed E-state index contributed by atoms with van der Waals surface area (Å²) in [5.74, 6) is 1.31. The zero-order valence-corrected chi connectivity index (χ0v) is 27.9. The number of hydrogen-bond acceptors (Lipinski definition) is 7. The van der Waals surface area contributed by atoms with E-state index in [0.717, 1.165) is 25.7 Å². The molecule has 0 aliphatic carbocycles. The molecule has 0 aromatic rings. The molecule has 39 heavy (non-hydrogen) atoms. The molecule has 0 amide bonds. The number of ketones is 7. The summed E-state index contributed by atoms with van der Waals surface area (Å²) >= 11 is 0. The molecule has 0 aromatic heterocycles. The summed E-state index contributed by atoms with van der Waals surface area (Å²) in [6.07, 6.45) is 10.2. The number of rotatable bonds is 10. The molecule has 0 rings (SSSR count). The third kappa shape index (κ3) is 147. The SMILES string of the molecule is CC(=O)CC(C)=O.CC=CC.CCC(=O)CC.CCC(C)=O.CCC(C)=O.CCCC(C)=O.CCCC(C)=O. The van der Waals surface area contributed by atoms with Crippen molar-refractivity contribution in [1.29, 1.82) is 0 Å². The minimum atomic E-state index is -0.0625. The van der Waals surface area contributed by atoms with E-state index < -0.39 is 0 Å². The molecule has 7 nitrogen and oxygen atoms in total. The van der Waals surface area contributed by atoms with Crippen molar-refractivity contribution in [3.8, 4) is 0 Å². The van der Waals surface area contributed by atoms with Crippen LogP contribution < -0.4 is 0 Å². The molecule has 0 fully saturated rings. The molecule has 7 heteroatoms. The molecule has 0 aliphatic heterocycles. The van der Waals surface area contributed by atoms with Crippen molar-refractivity contribution in [2.24, 2.45) is 0 Å². The first-order valence-corrected chi connectivity index (χ1v) is 14.0.